The van der Waals surface area contributed by atoms with Gasteiger partial charge in [-0.1, -0.05) is 19.9 Å². The van der Waals surface area contributed by atoms with Gasteiger partial charge in [0, 0.05) is 24.9 Å². The van der Waals surface area contributed by atoms with Crippen molar-refractivity contribution in [2.75, 3.05) is 26.7 Å². The van der Waals surface area contributed by atoms with Crippen molar-refractivity contribution in [3.8, 4) is 0 Å². The molecule has 0 fully saturated rings. The first-order valence-corrected chi connectivity index (χ1v) is 7.92. The van der Waals surface area contributed by atoms with E-state index in [1.54, 1.807) is 0 Å². The molecule has 0 saturated carbocycles. The third-order valence-electron chi connectivity index (χ3n) is 4.07. The van der Waals surface area contributed by atoms with Crippen molar-refractivity contribution in [2.45, 2.75) is 39.5 Å². The number of likely N-dealkylation sites (N-methyl/N-ethyl adjacent to an activating group) is 1. The molecule has 1 rings (SSSR count). The molecule has 3 heteroatoms. The fourth-order valence-electron chi connectivity index (χ4n) is 2.61. The molecule has 1 heterocycles. The van der Waals surface area contributed by atoms with Crippen LogP contribution in [0.5, 0.6) is 0 Å². The molecular formula is C17H31N3. The molecule has 1 aromatic rings. The van der Waals surface area contributed by atoms with Crippen LogP contribution in [0.1, 0.15) is 38.8 Å². The third-order valence-corrected chi connectivity index (χ3v) is 4.07. The zero-order valence-corrected chi connectivity index (χ0v) is 13.4. The van der Waals surface area contributed by atoms with Crippen LogP contribution >= 0.6 is 0 Å². The van der Waals surface area contributed by atoms with Gasteiger partial charge in [-0.3, -0.25) is 4.98 Å². The largest absolute Gasteiger partial charge is 0.330 e. The predicted octanol–water partition coefficient (Wildman–Crippen LogP) is 2.96. The van der Waals surface area contributed by atoms with Crippen molar-refractivity contribution in [3.05, 3.63) is 30.1 Å². The van der Waals surface area contributed by atoms with Crippen LogP contribution in [0.2, 0.25) is 0 Å². The van der Waals surface area contributed by atoms with Gasteiger partial charge in [-0.25, -0.2) is 0 Å². The van der Waals surface area contributed by atoms with E-state index in [1.807, 2.05) is 12.3 Å². The molecule has 0 radical (unpaired) electrons. The molecule has 0 aliphatic rings. The Balaban J connectivity index is 2.17. The van der Waals surface area contributed by atoms with E-state index in [-0.39, 0.29) is 0 Å². The zero-order valence-electron chi connectivity index (χ0n) is 13.4. The average Bonchev–Trinajstić information content (AvgIpc) is 2.45. The molecule has 1 aromatic heterocycles. The molecule has 0 amide bonds. The standard InChI is InChI=1S/C17H31N3/c1-15(2)16(9-11-18)7-6-13-20(3)14-10-17-8-4-5-12-19-17/h4-5,8,12,15-16H,6-7,9-11,13-14,18H2,1-3H3. The maximum Gasteiger partial charge on any atom is 0.0416 e. The first-order chi connectivity index (χ1) is 9.63. The van der Waals surface area contributed by atoms with E-state index in [0.29, 0.717) is 0 Å². The molecule has 2 N–H and O–H groups in total. The summed E-state index contributed by atoms with van der Waals surface area (Å²) in [7, 11) is 2.20. The van der Waals surface area contributed by atoms with Gasteiger partial charge in [-0.15, -0.1) is 0 Å². The van der Waals surface area contributed by atoms with Gasteiger partial charge in [-0.2, -0.15) is 0 Å². The number of nitrogens with zero attached hydrogens (tertiary/aromatic N) is 2. The lowest BCUT2D eigenvalue weighted by molar-refractivity contribution is 0.284. The Bertz CT molecular complexity index is 337. The lowest BCUT2D eigenvalue weighted by Crippen LogP contribution is -2.24. The van der Waals surface area contributed by atoms with Gasteiger partial charge in [0.05, 0.1) is 0 Å². The number of nitrogens with two attached hydrogens (primary N) is 1. The van der Waals surface area contributed by atoms with E-state index in [2.05, 4.69) is 42.9 Å². The molecule has 0 spiro atoms. The number of rotatable bonds is 10. The van der Waals surface area contributed by atoms with Crippen LogP contribution in [-0.2, 0) is 6.42 Å². The Morgan fingerprint density at radius 1 is 1.20 bits per heavy atom. The van der Waals surface area contributed by atoms with Gasteiger partial charge in [0.25, 0.3) is 0 Å². The summed E-state index contributed by atoms with van der Waals surface area (Å²) in [6.45, 7) is 7.69. The highest BCUT2D eigenvalue weighted by atomic mass is 15.1. The summed E-state index contributed by atoms with van der Waals surface area (Å²) in [5, 5.41) is 0. The van der Waals surface area contributed by atoms with Crippen LogP contribution in [0.25, 0.3) is 0 Å². The molecule has 0 bridgehead atoms. The van der Waals surface area contributed by atoms with Gasteiger partial charge in [0.1, 0.15) is 0 Å². The Morgan fingerprint density at radius 3 is 2.60 bits per heavy atom. The SMILES string of the molecule is CC(C)C(CCN)CCCN(C)CCc1ccccn1. The molecular weight excluding hydrogens is 246 g/mol. The van der Waals surface area contributed by atoms with Gasteiger partial charge in [0.2, 0.25) is 0 Å². The molecule has 0 saturated heterocycles. The minimum Gasteiger partial charge on any atom is -0.330 e. The summed E-state index contributed by atoms with van der Waals surface area (Å²) in [6, 6.07) is 6.13. The van der Waals surface area contributed by atoms with Crippen molar-refractivity contribution < 1.29 is 0 Å². The lowest BCUT2D eigenvalue weighted by Gasteiger charge is -2.22. The van der Waals surface area contributed by atoms with Crippen LogP contribution in [0.3, 0.4) is 0 Å². The van der Waals surface area contributed by atoms with Crippen molar-refractivity contribution in [1.82, 2.24) is 9.88 Å². The van der Waals surface area contributed by atoms with Gasteiger partial charge < -0.3 is 10.6 Å². The summed E-state index contributed by atoms with van der Waals surface area (Å²) in [5.74, 6) is 1.53. The zero-order chi connectivity index (χ0) is 14.8. The third kappa shape index (κ3) is 7.01. The predicted molar refractivity (Wildman–Crippen MR) is 86.7 cm³/mol. The minimum atomic E-state index is 0.748. The summed E-state index contributed by atoms with van der Waals surface area (Å²) >= 11 is 0. The monoisotopic (exact) mass is 277 g/mol. The minimum absolute atomic E-state index is 0.748. The van der Waals surface area contributed by atoms with E-state index < -0.39 is 0 Å². The first-order valence-electron chi connectivity index (χ1n) is 7.92. The molecule has 114 valence electrons. The highest BCUT2D eigenvalue weighted by molar-refractivity contribution is 5.03. The molecule has 1 unspecified atom stereocenters. The Kier molecular flexibility index (Phi) is 8.47. The number of aromatic nitrogens is 1. The summed E-state index contributed by atoms with van der Waals surface area (Å²) < 4.78 is 0. The van der Waals surface area contributed by atoms with Crippen LogP contribution in [-0.4, -0.2) is 36.6 Å². The fraction of sp³-hybridized carbons (Fsp3) is 0.706. The highest BCUT2D eigenvalue weighted by Gasteiger charge is 2.12. The summed E-state index contributed by atoms with van der Waals surface area (Å²) in [4.78, 5) is 6.78. The molecule has 0 aromatic carbocycles. The van der Waals surface area contributed by atoms with Crippen molar-refractivity contribution in [1.29, 1.82) is 0 Å². The molecule has 0 aliphatic carbocycles. The Morgan fingerprint density at radius 2 is 2.00 bits per heavy atom. The van der Waals surface area contributed by atoms with E-state index >= 15 is 0 Å². The number of pyridine rings is 1. The van der Waals surface area contributed by atoms with Crippen molar-refractivity contribution in [3.63, 3.8) is 0 Å². The number of hydrogen-bond acceptors (Lipinski definition) is 3. The Hall–Kier alpha value is -0.930. The molecule has 20 heavy (non-hydrogen) atoms. The second kappa shape index (κ2) is 9.89. The van der Waals surface area contributed by atoms with E-state index in [9.17, 15) is 0 Å². The van der Waals surface area contributed by atoms with E-state index in [0.717, 1.165) is 37.8 Å². The Labute approximate surface area is 124 Å². The maximum absolute atomic E-state index is 5.69. The maximum atomic E-state index is 5.69. The number of hydrogen-bond donors (Lipinski definition) is 1. The van der Waals surface area contributed by atoms with Crippen LogP contribution < -0.4 is 5.73 Å². The van der Waals surface area contributed by atoms with E-state index in [1.165, 1.54) is 25.1 Å². The van der Waals surface area contributed by atoms with Gasteiger partial charge >= 0.3 is 0 Å². The molecule has 1 atom stereocenters. The summed E-state index contributed by atoms with van der Waals surface area (Å²) in [5.41, 5.74) is 6.88. The van der Waals surface area contributed by atoms with Crippen LogP contribution in [0.4, 0.5) is 0 Å². The van der Waals surface area contributed by atoms with Crippen molar-refractivity contribution >= 4 is 0 Å². The fourth-order valence-corrected chi connectivity index (χ4v) is 2.61. The smallest absolute Gasteiger partial charge is 0.0416 e. The second-order valence-corrected chi connectivity index (χ2v) is 6.10. The van der Waals surface area contributed by atoms with Crippen LogP contribution in [0, 0.1) is 11.8 Å². The lowest BCUT2D eigenvalue weighted by atomic mass is 9.88. The average molecular weight is 277 g/mol. The normalized spacial score (nSPS) is 13.1. The van der Waals surface area contributed by atoms with Gasteiger partial charge in [-0.05, 0) is 63.4 Å². The highest BCUT2D eigenvalue weighted by Crippen LogP contribution is 2.20. The van der Waals surface area contributed by atoms with Gasteiger partial charge in [0.15, 0.2) is 0 Å². The van der Waals surface area contributed by atoms with Crippen molar-refractivity contribution in [2.24, 2.45) is 17.6 Å². The quantitative estimate of drug-likeness (QED) is 0.715. The van der Waals surface area contributed by atoms with Crippen LogP contribution in [0.15, 0.2) is 24.4 Å². The van der Waals surface area contributed by atoms with E-state index in [4.69, 9.17) is 5.73 Å². The topological polar surface area (TPSA) is 42.1 Å². The molecule has 3 nitrogen and oxygen atoms in total. The second-order valence-electron chi connectivity index (χ2n) is 6.10. The summed E-state index contributed by atoms with van der Waals surface area (Å²) in [6.07, 6.45) is 6.63. The molecule has 0 aliphatic heterocycles. The first kappa shape index (κ1) is 17.1.